The fourth-order valence-electron chi connectivity index (χ4n) is 1.80. The Morgan fingerprint density at radius 3 is 2.79 bits per heavy atom. The van der Waals surface area contributed by atoms with Crippen molar-refractivity contribution in [2.45, 2.75) is 13.0 Å². The summed E-state index contributed by atoms with van der Waals surface area (Å²) in [7, 11) is 1.58. The van der Waals surface area contributed by atoms with Crippen LogP contribution in [0.15, 0.2) is 52.0 Å². The number of methoxy groups -OCH3 is 1. The Labute approximate surface area is 153 Å². The van der Waals surface area contributed by atoms with Crippen LogP contribution in [0, 0.1) is 0 Å². The standard InChI is InChI=1S/C17H16BrClN2O3/c1-11(24-15-5-3-4-13(19)9-15)17(22)21-20-10-12-8-14(23-2)6-7-16(12)18/h3-11H,1-2H3,(H,21,22)/b20-10-/t11-/m1/s1. The summed E-state index contributed by atoms with van der Waals surface area (Å²) in [5, 5.41) is 4.48. The lowest BCUT2D eigenvalue weighted by Crippen LogP contribution is -2.33. The molecule has 0 spiro atoms. The summed E-state index contributed by atoms with van der Waals surface area (Å²) in [5.41, 5.74) is 3.22. The van der Waals surface area contributed by atoms with Crippen LogP contribution in [-0.4, -0.2) is 25.3 Å². The largest absolute Gasteiger partial charge is 0.497 e. The number of hydrogen-bond donors (Lipinski definition) is 1. The van der Waals surface area contributed by atoms with Crippen LogP contribution in [0.2, 0.25) is 5.02 Å². The van der Waals surface area contributed by atoms with Crippen molar-refractivity contribution in [3.8, 4) is 11.5 Å². The van der Waals surface area contributed by atoms with E-state index in [1.54, 1.807) is 44.4 Å². The van der Waals surface area contributed by atoms with E-state index in [1.165, 1.54) is 6.21 Å². The molecule has 0 radical (unpaired) electrons. The summed E-state index contributed by atoms with van der Waals surface area (Å²) in [6, 6.07) is 12.3. The summed E-state index contributed by atoms with van der Waals surface area (Å²) in [6.45, 7) is 1.63. The van der Waals surface area contributed by atoms with Crippen LogP contribution in [0.4, 0.5) is 0 Å². The quantitative estimate of drug-likeness (QED) is 0.577. The summed E-state index contributed by atoms with van der Waals surface area (Å²) in [4.78, 5) is 12.0. The smallest absolute Gasteiger partial charge is 0.280 e. The summed E-state index contributed by atoms with van der Waals surface area (Å²) < 4.78 is 11.5. The summed E-state index contributed by atoms with van der Waals surface area (Å²) >= 11 is 9.29. The Morgan fingerprint density at radius 2 is 2.08 bits per heavy atom. The van der Waals surface area contributed by atoms with Gasteiger partial charge in [0.05, 0.1) is 13.3 Å². The third-order valence-electron chi connectivity index (χ3n) is 3.06. The van der Waals surface area contributed by atoms with Crippen molar-refractivity contribution in [3.05, 3.63) is 57.5 Å². The number of nitrogens with one attached hydrogen (secondary N) is 1. The Bertz CT molecular complexity index is 752. The van der Waals surface area contributed by atoms with E-state index in [0.717, 1.165) is 10.0 Å². The van der Waals surface area contributed by atoms with Crippen molar-refractivity contribution >= 4 is 39.7 Å². The molecule has 5 nitrogen and oxygen atoms in total. The molecule has 126 valence electrons. The van der Waals surface area contributed by atoms with Gasteiger partial charge < -0.3 is 9.47 Å². The first-order valence-electron chi connectivity index (χ1n) is 7.08. The Balaban J connectivity index is 1.94. The predicted octanol–water partition coefficient (Wildman–Crippen LogP) is 4.03. The van der Waals surface area contributed by atoms with Crippen molar-refractivity contribution in [1.82, 2.24) is 5.43 Å². The SMILES string of the molecule is COc1ccc(Br)c(/C=N\NC(=O)[C@@H](C)Oc2cccc(Cl)c2)c1. The first kappa shape index (κ1) is 18.3. The minimum atomic E-state index is -0.714. The summed E-state index contributed by atoms with van der Waals surface area (Å²) in [5.74, 6) is 0.846. The van der Waals surface area contributed by atoms with E-state index in [9.17, 15) is 4.79 Å². The first-order valence-corrected chi connectivity index (χ1v) is 8.25. The lowest BCUT2D eigenvalue weighted by atomic mass is 10.2. The van der Waals surface area contributed by atoms with Crippen molar-refractivity contribution < 1.29 is 14.3 Å². The molecule has 0 fully saturated rings. The van der Waals surface area contributed by atoms with Crippen LogP contribution < -0.4 is 14.9 Å². The van der Waals surface area contributed by atoms with Crippen LogP contribution in [0.3, 0.4) is 0 Å². The summed E-state index contributed by atoms with van der Waals surface area (Å²) in [6.07, 6.45) is 0.811. The fourth-order valence-corrected chi connectivity index (χ4v) is 2.33. The van der Waals surface area contributed by atoms with Crippen LogP contribution in [0.25, 0.3) is 0 Å². The third kappa shape index (κ3) is 5.25. The maximum absolute atomic E-state index is 12.0. The van der Waals surface area contributed by atoms with Gasteiger partial charge in [-0.2, -0.15) is 5.10 Å². The topological polar surface area (TPSA) is 59.9 Å². The zero-order valence-corrected chi connectivity index (χ0v) is 15.5. The molecule has 0 aliphatic heterocycles. The van der Waals surface area contributed by atoms with Gasteiger partial charge in [0.2, 0.25) is 0 Å². The van der Waals surface area contributed by atoms with Crippen LogP contribution >= 0.6 is 27.5 Å². The van der Waals surface area contributed by atoms with Gasteiger partial charge in [0.1, 0.15) is 11.5 Å². The molecule has 2 aromatic rings. The zero-order valence-electron chi connectivity index (χ0n) is 13.1. The molecule has 0 saturated carbocycles. The number of hydrazone groups is 1. The molecule has 0 heterocycles. The van der Waals surface area contributed by atoms with Gasteiger partial charge in [-0.25, -0.2) is 5.43 Å². The van der Waals surface area contributed by atoms with Crippen molar-refractivity contribution in [2.24, 2.45) is 5.10 Å². The monoisotopic (exact) mass is 410 g/mol. The number of benzene rings is 2. The minimum absolute atomic E-state index is 0.370. The van der Waals surface area contributed by atoms with Gasteiger partial charge in [0.15, 0.2) is 6.10 Å². The molecule has 0 aromatic heterocycles. The molecule has 7 heteroatoms. The van der Waals surface area contributed by atoms with Crippen molar-refractivity contribution in [3.63, 3.8) is 0 Å². The molecule has 0 aliphatic rings. The predicted molar refractivity (Wildman–Crippen MR) is 98.0 cm³/mol. The maximum Gasteiger partial charge on any atom is 0.280 e. The Kier molecular flexibility index (Phi) is 6.63. The number of nitrogens with zero attached hydrogens (tertiary/aromatic N) is 1. The van der Waals surface area contributed by atoms with E-state index >= 15 is 0 Å². The molecule has 1 amide bonds. The van der Waals surface area contributed by atoms with E-state index in [-0.39, 0.29) is 5.91 Å². The highest BCUT2D eigenvalue weighted by Gasteiger charge is 2.14. The zero-order chi connectivity index (χ0) is 17.5. The Hall–Kier alpha value is -2.05. The van der Waals surface area contributed by atoms with E-state index in [2.05, 4.69) is 26.5 Å². The van der Waals surface area contributed by atoms with Crippen LogP contribution in [-0.2, 0) is 4.79 Å². The number of hydrogen-bond acceptors (Lipinski definition) is 4. The third-order valence-corrected chi connectivity index (χ3v) is 4.02. The molecule has 0 saturated heterocycles. The highest BCUT2D eigenvalue weighted by Crippen LogP contribution is 2.21. The van der Waals surface area contributed by atoms with Gasteiger partial charge in [0.25, 0.3) is 5.91 Å². The molecule has 24 heavy (non-hydrogen) atoms. The molecular weight excluding hydrogens is 396 g/mol. The molecular formula is C17H16BrClN2O3. The average molecular weight is 412 g/mol. The van der Waals surface area contributed by atoms with Crippen LogP contribution in [0.5, 0.6) is 11.5 Å². The molecule has 2 aromatic carbocycles. The average Bonchev–Trinajstić information content (AvgIpc) is 2.56. The second-order valence-electron chi connectivity index (χ2n) is 4.84. The van der Waals surface area contributed by atoms with Crippen LogP contribution in [0.1, 0.15) is 12.5 Å². The van der Waals surface area contributed by atoms with E-state index in [0.29, 0.717) is 16.5 Å². The lowest BCUT2D eigenvalue weighted by molar-refractivity contribution is -0.127. The number of carbonyl (C=O) groups excluding carboxylic acids is 1. The Morgan fingerprint density at radius 1 is 1.29 bits per heavy atom. The number of amides is 1. The normalized spacial score (nSPS) is 12.0. The van der Waals surface area contributed by atoms with Gasteiger partial charge in [-0.1, -0.05) is 33.6 Å². The lowest BCUT2D eigenvalue weighted by Gasteiger charge is -2.13. The number of carbonyl (C=O) groups is 1. The highest BCUT2D eigenvalue weighted by molar-refractivity contribution is 9.10. The second-order valence-corrected chi connectivity index (χ2v) is 6.13. The van der Waals surface area contributed by atoms with E-state index in [4.69, 9.17) is 21.1 Å². The van der Waals surface area contributed by atoms with Gasteiger partial charge >= 0.3 is 0 Å². The second kappa shape index (κ2) is 8.70. The molecule has 2 rings (SSSR count). The molecule has 0 bridgehead atoms. The van der Waals surface area contributed by atoms with Gasteiger partial charge in [-0.3, -0.25) is 4.79 Å². The maximum atomic E-state index is 12.0. The number of ether oxygens (including phenoxy) is 2. The fraction of sp³-hybridized carbons (Fsp3) is 0.176. The molecule has 0 aliphatic carbocycles. The number of rotatable bonds is 6. The van der Waals surface area contributed by atoms with Gasteiger partial charge in [-0.15, -0.1) is 0 Å². The molecule has 0 unspecified atom stereocenters. The van der Waals surface area contributed by atoms with Crippen molar-refractivity contribution in [1.29, 1.82) is 0 Å². The minimum Gasteiger partial charge on any atom is -0.497 e. The number of halogens is 2. The van der Waals surface area contributed by atoms with Gasteiger partial charge in [-0.05, 0) is 43.3 Å². The van der Waals surface area contributed by atoms with Gasteiger partial charge in [0, 0.05) is 15.1 Å². The molecule has 1 atom stereocenters. The highest BCUT2D eigenvalue weighted by atomic mass is 79.9. The van der Waals surface area contributed by atoms with E-state index in [1.807, 2.05) is 12.1 Å². The molecule has 1 N–H and O–H groups in total. The first-order chi connectivity index (χ1) is 11.5. The van der Waals surface area contributed by atoms with E-state index < -0.39 is 6.10 Å². The van der Waals surface area contributed by atoms with Crippen molar-refractivity contribution in [2.75, 3.05) is 7.11 Å².